The van der Waals surface area contributed by atoms with E-state index in [1.54, 1.807) is 15.9 Å². The molecule has 7 rings (SSSR count). The van der Waals surface area contributed by atoms with Crippen molar-refractivity contribution in [3.05, 3.63) is 0 Å². The number of esters is 4. The van der Waals surface area contributed by atoms with Crippen LogP contribution in [0.25, 0.3) is 0 Å². The molecule has 2 heterocycles. The first-order chi connectivity index (χ1) is 17.8. The van der Waals surface area contributed by atoms with Crippen molar-refractivity contribution in [2.24, 2.45) is 53.3 Å². The van der Waals surface area contributed by atoms with Gasteiger partial charge in [0, 0.05) is 29.6 Å². The molecular weight excluding hydrogens is 584 g/mol. The second-order valence-corrected chi connectivity index (χ2v) is 13.1. The van der Waals surface area contributed by atoms with Crippen molar-refractivity contribution in [3.63, 3.8) is 0 Å². The maximum Gasteiger partial charge on any atom is 0.363 e. The maximum absolute atomic E-state index is 15.0. The van der Waals surface area contributed by atoms with Crippen LogP contribution in [0.2, 0.25) is 0 Å². The molecule has 0 aromatic carbocycles. The molecule has 2 saturated heterocycles. The van der Waals surface area contributed by atoms with Crippen molar-refractivity contribution < 1.29 is 55.7 Å². The van der Waals surface area contributed by atoms with Crippen molar-refractivity contribution in [2.45, 2.75) is 73.7 Å². The summed E-state index contributed by atoms with van der Waals surface area (Å²) in [6, 6.07) is 0. The van der Waals surface area contributed by atoms with Crippen LogP contribution in [0.3, 0.4) is 0 Å². The molecule has 13 atom stereocenters. The normalized spacial score (nSPS) is 48.0. The van der Waals surface area contributed by atoms with Gasteiger partial charge in [0.1, 0.15) is 24.4 Å². The maximum atomic E-state index is 15.0. The summed E-state index contributed by atoms with van der Waals surface area (Å²) in [6.07, 6.45) is -1.67. The molecule has 38 heavy (non-hydrogen) atoms. The van der Waals surface area contributed by atoms with Gasteiger partial charge in [-0.15, -0.1) is 0 Å². The monoisotopic (exact) mass is 608 g/mol. The minimum atomic E-state index is -4.66. The predicted molar refractivity (Wildman–Crippen MR) is 117 cm³/mol. The summed E-state index contributed by atoms with van der Waals surface area (Å²) in [6.45, 7) is 0. The zero-order chi connectivity index (χ0) is 26.9. The standard InChI is InChI=1S/C25H25BrF4O8/c26-25(29,30)24(27,28)15-6-9(20(31)35-16-7-1-10-12(3-7)21(32)37-18(10)16)5-14(15)23(34)36-17-8-2-11-13(4-8)22(33)38-19(11)17/h7-19H,1-6H2/t7?,8?,9-,10?,11?,12?,13?,14+,15?,16?,17?,18?,19?/m1/s1. The van der Waals surface area contributed by atoms with Crippen LogP contribution in [-0.4, -0.2) is 59.0 Å². The quantitative estimate of drug-likeness (QED) is 0.196. The summed E-state index contributed by atoms with van der Waals surface area (Å²) in [5.41, 5.74) is 0. The van der Waals surface area contributed by atoms with Crippen molar-refractivity contribution in [2.75, 3.05) is 0 Å². The van der Waals surface area contributed by atoms with E-state index >= 15 is 0 Å². The van der Waals surface area contributed by atoms with Crippen LogP contribution in [0.15, 0.2) is 0 Å². The van der Waals surface area contributed by atoms with Crippen LogP contribution < -0.4 is 0 Å². The molecule has 208 valence electrons. The zero-order valence-electron chi connectivity index (χ0n) is 19.9. The van der Waals surface area contributed by atoms with Crippen molar-refractivity contribution in [3.8, 4) is 0 Å². The molecular formula is C25H25BrF4O8. The molecule has 0 radical (unpaired) electrons. The molecule has 4 bridgehead atoms. The Hall–Kier alpha value is -1.92. The van der Waals surface area contributed by atoms with Crippen LogP contribution in [0.5, 0.6) is 0 Å². The molecule has 0 aromatic rings. The van der Waals surface area contributed by atoms with Crippen LogP contribution in [0.4, 0.5) is 17.6 Å². The van der Waals surface area contributed by atoms with E-state index in [2.05, 4.69) is 0 Å². The Morgan fingerprint density at radius 1 is 0.763 bits per heavy atom. The molecule has 11 unspecified atom stereocenters. The third-order valence-electron chi connectivity index (χ3n) is 10.4. The molecule has 8 nitrogen and oxygen atoms in total. The van der Waals surface area contributed by atoms with Crippen LogP contribution in [-0.2, 0) is 38.1 Å². The average Bonchev–Trinajstić information content (AvgIpc) is 3.65. The number of carbonyl (C=O) groups is 4. The average molecular weight is 609 g/mol. The fourth-order valence-corrected chi connectivity index (χ4v) is 8.98. The lowest BCUT2D eigenvalue weighted by Crippen LogP contribution is -2.47. The van der Waals surface area contributed by atoms with Gasteiger partial charge in [0.2, 0.25) is 0 Å². The fourth-order valence-electron chi connectivity index (χ4n) is 8.68. The molecule has 0 aromatic heterocycles. The van der Waals surface area contributed by atoms with E-state index in [9.17, 15) is 36.7 Å². The summed E-state index contributed by atoms with van der Waals surface area (Å²) in [5, 5.41) is 0. The van der Waals surface area contributed by atoms with E-state index < -0.39 is 77.7 Å². The summed E-state index contributed by atoms with van der Waals surface area (Å²) < 4.78 is 79.8. The van der Waals surface area contributed by atoms with E-state index in [4.69, 9.17) is 18.9 Å². The van der Waals surface area contributed by atoms with Gasteiger partial charge in [-0.2, -0.15) is 17.6 Å². The van der Waals surface area contributed by atoms with E-state index in [0.29, 0.717) is 25.7 Å². The van der Waals surface area contributed by atoms with Gasteiger partial charge in [-0.1, -0.05) is 0 Å². The highest BCUT2D eigenvalue weighted by Gasteiger charge is 2.68. The molecule has 5 aliphatic carbocycles. The number of halogens is 5. The highest BCUT2D eigenvalue weighted by atomic mass is 79.9. The zero-order valence-corrected chi connectivity index (χ0v) is 21.5. The second-order valence-electron chi connectivity index (χ2n) is 12.1. The molecule has 0 N–H and O–H groups in total. The molecule has 7 aliphatic rings. The van der Waals surface area contributed by atoms with Crippen molar-refractivity contribution in [1.82, 2.24) is 0 Å². The highest BCUT2D eigenvalue weighted by molar-refractivity contribution is 9.10. The van der Waals surface area contributed by atoms with E-state index in [-0.39, 0.29) is 47.4 Å². The molecule has 2 aliphatic heterocycles. The van der Waals surface area contributed by atoms with Gasteiger partial charge < -0.3 is 18.9 Å². The van der Waals surface area contributed by atoms with E-state index in [1.165, 1.54) is 0 Å². The van der Waals surface area contributed by atoms with Crippen LogP contribution in [0, 0.1) is 53.3 Å². The van der Waals surface area contributed by atoms with Gasteiger partial charge in [-0.3, -0.25) is 19.2 Å². The molecule has 0 amide bonds. The number of ether oxygens (including phenoxy) is 4. The smallest absolute Gasteiger partial charge is 0.363 e. The lowest BCUT2D eigenvalue weighted by atomic mass is 9.87. The number of hydrogen-bond acceptors (Lipinski definition) is 8. The van der Waals surface area contributed by atoms with E-state index in [0.717, 1.165) is 0 Å². The van der Waals surface area contributed by atoms with E-state index in [1.807, 2.05) is 0 Å². The summed E-state index contributed by atoms with van der Waals surface area (Å²) in [5.74, 6) is -13.3. The Kier molecular flexibility index (Phi) is 5.32. The van der Waals surface area contributed by atoms with Gasteiger partial charge in [0.05, 0.1) is 23.7 Å². The Labute approximate surface area is 222 Å². The Morgan fingerprint density at radius 3 is 1.76 bits per heavy atom. The SMILES string of the molecule is O=C1OC2C3CC(CC13)C2OC(=O)[C@H]1CC(C(F)(F)C(F)(F)Br)[C@@H](C(=O)OC2C3CC4C(=O)OC2C4C3)C1. The van der Waals surface area contributed by atoms with Crippen LogP contribution >= 0.6 is 15.9 Å². The first kappa shape index (κ1) is 25.1. The van der Waals surface area contributed by atoms with Gasteiger partial charge in [-0.25, -0.2) is 0 Å². The fraction of sp³-hybridized carbons (Fsp3) is 0.840. The molecule has 7 fully saturated rings. The number of carbonyl (C=O) groups excluding carboxylic acids is 4. The third kappa shape index (κ3) is 3.38. The topological polar surface area (TPSA) is 105 Å². The van der Waals surface area contributed by atoms with Gasteiger partial charge >= 0.3 is 34.6 Å². The summed E-state index contributed by atoms with van der Waals surface area (Å²) >= 11 is 1.75. The third-order valence-corrected chi connectivity index (χ3v) is 10.9. The first-order valence-corrected chi connectivity index (χ1v) is 13.9. The van der Waals surface area contributed by atoms with Gasteiger partial charge in [0.25, 0.3) is 0 Å². The Balaban J connectivity index is 1.08. The van der Waals surface area contributed by atoms with Crippen LogP contribution in [0.1, 0.15) is 38.5 Å². The summed E-state index contributed by atoms with van der Waals surface area (Å²) in [4.78, 5) is 45.7. The highest BCUT2D eigenvalue weighted by Crippen LogP contribution is 2.58. The number of alkyl halides is 5. The van der Waals surface area contributed by atoms with Crippen molar-refractivity contribution in [1.29, 1.82) is 0 Å². The van der Waals surface area contributed by atoms with Crippen molar-refractivity contribution >= 4 is 39.8 Å². The number of hydrogen-bond donors (Lipinski definition) is 0. The Bertz CT molecular complexity index is 1110. The Morgan fingerprint density at radius 2 is 1.26 bits per heavy atom. The minimum absolute atomic E-state index is 0.0493. The second kappa shape index (κ2) is 8.06. The largest absolute Gasteiger partial charge is 0.458 e. The molecule has 0 spiro atoms. The van der Waals surface area contributed by atoms with Gasteiger partial charge in [-0.05, 0) is 54.5 Å². The number of fused-ring (bicyclic) bond motifs is 2. The lowest BCUT2D eigenvalue weighted by molar-refractivity contribution is -0.200. The van der Waals surface area contributed by atoms with Gasteiger partial charge in [0.15, 0.2) is 0 Å². The first-order valence-electron chi connectivity index (χ1n) is 13.1. The molecule has 13 heteroatoms. The summed E-state index contributed by atoms with van der Waals surface area (Å²) in [7, 11) is 0. The molecule has 5 saturated carbocycles. The predicted octanol–water partition coefficient (Wildman–Crippen LogP) is 3.24. The number of rotatable bonds is 6. The lowest BCUT2D eigenvalue weighted by Gasteiger charge is -2.32. The minimum Gasteiger partial charge on any atom is -0.458 e.